The van der Waals surface area contributed by atoms with Gasteiger partial charge in [-0.3, -0.25) is 9.79 Å². The van der Waals surface area contributed by atoms with E-state index in [1.807, 2.05) is 0 Å². The van der Waals surface area contributed by atoms with Crippen LogP contribution in [-0.2, 0) is 4.79 Å². The third-order valence-corrected chi connectivity index (χ3v) is 1.14. The zero-order chi connectivity index (χ0) is 6.20. The summed E-state index contributed by atoms with van der Waals surface area (Å²) in [7, 11) is 0. The van der Waals surface area contributed by atoms with E-state index in [0.29, 0.717) is 0 Å². The highest BCUT2D eigenvalue weighted by Gasteiger charge is 2.28. The molecule has 0 spiro atoms. The number of rotatable bonds is 0. The molecule has 1 aliphatic heterocycles. The minimum atomic E-state index is -0.528. The molecule has 0 aromatic carbocycles. The van der Waals surface area contributed by atoms with E-state index >= 15 is 0 Å². The first-order valence-corrected chi connectivity index (χ1v) is 2.47. The van der Waals surface area contributed by atoms with Gasteiger partial charge in [0.25, 0.3) is 5.91 Å². The number of hydrogen-bond acceptors (Lipinski definition) is 2. The average Bonchev–Trinajstić information content (AvgIpc) is 1.86. The molecule has 3 nitrogen and oxygen atoms in total. The lowest BCUT2D eigenvalue weighted by atomic mass is 10.1. The summed E-state index contributed by atoms with van der Waals surface area (Å²) in [6.45, 7) is 3.54. The van der Waals surface area contributed by atoms with Gasteiger partial charge in [0.15, 0.2) is 0 Å². The lowest BCUT2D eigenvalue weighted by molar-refractivity contribution is -0.122. The zero-order valence-corrected chi connectivity index (χ0v) is 4.93. The third kappa shape index (κ3) is 0.598. The number of nitrogens with one attached hydrogen (secondary N) is 1. The highest BCUT2D eigenvalue weighted by atomic mass is 16.2. The third-order valence-electron chi connectivity index (χ3n) is 1.14. The van der Waals surface area contributed by atoms with Gasteiger partial charge in [-0.15, -0.1) is 0 Å². The minimum absolute atomic E-state index is 0.0301. The Labute approximate surface area is 47.8 Å². The van der Waals surface area contributed by atoms with Crippen LogP contribution in [0.1, 0.15) is 13.8 Å². The van der Waals surface area contributed by atoms with Crippen LogP contribution in [0.15, 0.2) is 4.99 Å². The number of carbonyl (C=O) groups is 1. The SMILES string of the molecule is CC1(C)N=CNC1=O. The van der Waals surface area contributed by atoms with Crippen molar-refractivity contribution in [1.29, 1.82) is 0 Å². The Bertz CT molecular complexity index is 149. The predicted octanol–water partition coefficient (Wildman–Crippen LogP) is -0.0769. The Balaban J connectivity index is 2.82. The van der Waals surface area contributed by atoms with Gasteiger partial charge in [0.05, 0.1) is 6.34 Å². The summed E-state index contributed by atoms with van der Waals surface area (Å²) in [5, 5.41) is 2.48. The van der Waals surface area contributed by atoms with E-state index in [4.69, 9.17) is 0 Å². The largest absolute Gasteiger partial charge is 0.315 e. The summed E-state index contributed by atoms with van der Waals surface area (Å²) in [5.41, 5.74) is -0.528. The number of aliphatic imine (C=N–C) groups is 1. The number of hydrogen-bond donors (Lipinski definition) is 1. The molecule has 44 valence electrons. The van der Waals surface area contributed by atoms with Crippen LogP contribution < -0.4 is 5.32 Å². The summed E-state index contributed by atoms with van der Waals surface area (Å²) in [4.78, 5) is 14.5. The average molecular weight is 112 g/mol. The topological polar surface area (TPSA) is 41.5 Å². The Morgan fingerprint density at radius 1 is 1.75 bits per heavy atom. The van der Waals surface area contributed by atoms with Gasteiger partial charge in [-0.05, 0) is 13.8 Å². The van der Waals surface area contributed by atoms with E-state index in [1.165, 1.54) is 6.34 Å². The molecule has 0 bridgehead atoms. The van der Waals surface area contributed by atoms with E-state index < -0.39 is 5.54 Å². The molecule has 8 heavy (non-hydrogen) atoms. The molecule has 1 amide bonds. The predicted molar refractivity (Wildman–Crippen MR) is 30.7 cm³/mol. The van der Waals surface area contributed by atoms with E-state index in [9.17, 15) is 4.79 Å². The first-order valence-electron chi connectivity index (χ1n) is 2.47. The van der Waals surface area contributed by atoms with Gasteiger partial charge < -0.3 is 5.32 Å². The van der Waals surface area contributed by atoms with Crippen molar-refractivity contribution in [3.63, 3.8) is 0 Å². The van der Waals surface area contributed by atoms with E-state index in [-0.39, 0.29) is 5.91 Å². The van der Waals surface area contributed by atoms with Gasteiger partial charge in [-0.25, -0.2) is 0 Å². The van der Waals surface area contributed by atoms with Crippen molar-refractivity contribution in [2.75, 3.05) is 0 Å². The molecular formula is C5H8N2O. The molecule has 1 N–H and O–H groups in total. The van der Waals surface area contributed by atoms with Gasteiger partial charge in [0, 0.05) is 0 Å². The van der Waals surface area contributed by atoms with Crippen molar-refractivity contribution in [2.45, 2.75) is 19.4 Å². The maximum atomic E-state index is 10.7. The van der Waals surface area contributed by atoms with Crippen molar-refractivity contribution in [3.8, 4) is 0 Å². The van der Waals surface area contributed by atoms with E-state index in [0.717, 1.165) is 0 Å². The zero-order valence-electron chi connectivity index (χ0n) is 4.93. The van der Waals surface area contributed by atoms with Crippen molar-refractivity contribution < 1.29 is 4.79 Å². The van der Waals surface area contributed by atoms with Crippen molar-refractivity contribution in [3.05, 3.63) is 0 Å². The summed E-state index contributed by atoms with van der Waals surface area (Å²) in [6.07, 6.45) is 1.43. The Kier molecular flexibility index (Phi) is 0.863. The van der Waals surface area contributed by atoms with E-state index in [1.54, 1.807) is 13.8 Å². The molecule has 1 aliphatic rings. The van der Waals surface area contributed by atoms with Gasteiger partial charge in [0.2, 0.25) is 0 Å². The van der Waals surface area contributed by atoms with Gasteiger partial charge >= 0.3 is 0 Å². The number of nitrogens with zero attached hydrogens (tertiary/aromatic N) is 1. The molecule has 0 aromatic rings. The molecule has 0 fully saturated rings. The maximum Gasteiger partial charge on any atom is 0.252 e. The summed E-state index contributed by atoms with van der Waals surface area (Å²) < 4.78 is 0. The summed E-state index contributed by atoms with van der Waals surface area (Å²) in [6, 6.07) is 0. The first kappa shape index (κ1) is 5.28. The fraction of sp³-hybridized carbons (Fsp3) is 0.600. The fourth-order valence-electron chi connectivity index (χ4n) is 0.488. The molecule has 0 aliphatic carbocycles. The van der Waals surface area contributed by atoms with Gasteiger partial charge in [-0.1, -0.05) is 0 Å². The normalized spacial score (nSPS) is 23.5. The van der Waals surface area contributed by atoms with Crippen LogP contribution in [0.4, 0.5) is 0 Å². The first-order chi connectivity index (χ1) is 3.63. The van der Waals surface area contributed by atoms with Gasteiger partial charge in [-0.2, -0.15) is 0 Å². The highest BCUT2D eigenvalue weighted by Crippen LogP contribution is 2.10. The quantitative estimate of drug-likeness (QED) is 0.468. The summed E-state index contributed by atoms with van der Waals surface area (Å²) in [5.74, 6) is -0.0301. The lowest BCUT2D eigenvalue weighted by Crippen LogP contribution is -2.32. The van der Waals surface area contributed by atoms with Crippen LogP contribution in [-0.4, -0.2) is 17.8 Å². The van der Waals surface area contributed by atoms with Crippen molar-refractivity contribution in [2.24, 2.45) is 4.99 Å². The molecular weight excluding hydrogens is 104 g/mol. The second-order valence-electron chi connectivity index (χ2n) is 2.29. The van der Waals surface area contributed by atoms with Crippen LogP contribution in [0.3, 0.4) is 0 Å². The Morgan fingerprint density at radius 3 is 2.50 bits per heavy atom. The van der Waals surface area contributed by atoms with Crippen LogP contribution in [0.5, 0.6) is 0 Å². The molecule has 0 saturated heterocycles. The monoisotopic (exact) mass is 112 g/mol. The minimum Gasteiger partial charge on any atom is -0.315 e. The number of carbonyl (C=O) groups excluding carboxylic acids is 1. The standard InChI is InChI=1S/C5H8N2O/c1-5(2)4(8)6-3-7-5/h3H,1-2H3,(H,6,7,8). The Hall–Kier alpha value is -0.860. The molecule has 3 heteroatoms. The molecule has 0 unspecified atom stereocenters. The second kappa shape index (κ2) is 1.31. The van der Waals surface area contributed by atoms with Crippen LogP contribution >= 0.6 is 0 Å². The molecule has 0 saturated carbocycles. The van der Waals surface area contributed by atoms with Crippen molar-refractivity contribution in [1.82, 2.24) is 5.32 Å². The highest BCUT2D eigenvalue weighted by molar-refractivity contribution is 5.99. The van der Waals surface area contributed by atoms with Gasteiger partial charge in [0.1, 0.15) is 5.54 Å². The van der Waals surface area contributed by atoms with Crippen molar-refractivity contribution >= 4 is 12.2 Å². The van der Waals surface area contributed by atoms with Crippen LogP contribution in [0.25, 0.3) is 0 Å². The molecule has 1 heterocycles. The Morgan fingerprint density at radius 2 is 2.38 bits per heavy atom. The van der Waals surface area contributed by atoms with Crippen LogP contribution in [0.2, 0.25) is 0 Å². The molecule has 1 rings (SSSR count). The smallest absolute Gasteiger partial charge is 0.252 e. The molecule has 0 aromatic heterocycles. The second-order valence-corrected chi connectivity index (χ2v) is 2.29. The van der Waals surface area contributed by atoms with E-state index in [2.05, 4.69) is 10.3 Å². The number of amides is 1. The van der Waals surface area contributed by atoms with Crippen LogP contribution in [0, 0.1) is 0 Å². The molecule has 0 atom stereocenters. The molecule has 0 radical (unpaired) electrons. The lowest BCUT2D eigenvalue weighted by Gasteiger charge is -2.07. The summed E-state index contributed by atoms with van der Waals surface area (Å²) >= 11 is 0. The maximum absolute atomic E-state index is 10.7. The fourth-order valence-corrected chi connectivity index (χ4v) is 0.488.